The first-order valence-corrected chi connectivity index (χ1v) is 5.74. The quantitative estimate of drug-likeness (QED) is 0.903. The molecule has 0 amide bonds. The number of halogens is 1. The van der Waals surface area contributed by atoms with Gasteiger partial charge in [-0.15, -0.1) is 0 Å². The molecule has 0 bridgehead atoms. The Morgan fingerprint density at radius 1 is 1.28 bits per heavy atom. The monoisotopic (exact) mass is 245 g/mol. The van der Waals surface area contributed by atoms with Crippen molar-refractivity contribution >= 4 is 5.82 Å². The fraction of sp³-hybridized carbons (Fsp3) is 0.214. The predicted octanol–water partition coefficient (Wildman–Crippen LogP) is 2.41. The lowest BCUT2D eigenvalue weighted by atomic mass is 10.0. The van der Waals surface area contributed by atoms with Gasteiger partial charge in [-0.05, 0) is 29.3 Å². The van der Waals surface area contributed by atoms with Crippen LogP contribution in [0.25, 0.3) is 11.1 Å². The Kier molecular flexibility index (Phi) is 3.58. The van der Waals surface area contributed by atoms with Crippen LogP contribution >= 0.6 is 0 Å². The minimum absolute atomic E-state index is 0.251. The van der Waals surface area contributed by atoms with E-state index >= 15 is 0 Å². The normalized spacial score (nSPS) is 10.4. The summed E-state index contributed by atoms with van der Waals surface area (Å²) in [5, 5.41) is 0. The summed E-state index contributed by atoms with van der Waals surface area (Å²) in [4.78, 5) is 6.22. The minimum atomic E-state index is -0.251. The number of hydrogen-bond acceptors (Lipinski definition) is 3. The molecule has 2 aromatic rings. The van der Waals surface area contributed by atoms with E-state index in [4.69, 9.17) is 5.73 Å². The maximum Gasteiger partial charge on any atom is 0.133 e. The predicted molar refractivity (Wildman–Crippen MR) is 71.8 cm³/mol. The summed E-state index contributed by atoms with van der Waals surface area (Å²) in [6.07, 6.45) is 1.72. The molecule has 0 aliphatic rings. The molecule has 4 heteroatoms. The Balaban J connectivity index is 2.61. The van der Waals surface area contributed by atoms with E-state index in [1.54, 1.807) is 12.3 Å². The first kappa shape index (κ1) is 12.5. The van der Waals surface area contributed by atoms with Crippen LogP contribution in [0.3, 0.4) is 0 Å². The Bertz CT molecular complexity index is 552. The van der Waals surface area contributed by atoms with Crippen LogP contribution in [0.2, 0.25) is 0 Å². The van der Waals surface area contributed by atoms with Gasteiger partial charge in [-0.25, -0.2) is 9.37 Å². The van der Waals surface area contributed by atoms with Gasteiger partial charge in [0.1, 0.15) is 11.6 Å². The summed E-state index contributed by atoms with van der Waals surface area (Å²) in [5.74, 6) is 0.568. The van der Waals surface area contributed by atoms with Crippen molar-refractivity contribution in [2.75, 3.05) is 19.0 Å². The summed E-state index contributed by atoms with van der Waals surface area (Å²) < 4.78 is 13.3. The van der Waals surface area contributed by atoms with Gasteiger partial charge in [0.25, 0.3) is 0 Å². The van der Waals surface area contributed by atoms with E-state index in [9.17, 15) is 4.39 Å². The Morgan fingerprint density at radius 3 is 2.67 bits per heavy atom. The van der Waals surface area contributed by atoms with E-state index < -0.39 is 0 Å². The molecule has 0 saturated carbocycles. The van der Waals surface area contributed by atoms with E-state index in [0.717, 1.165) is 22.5 Å². The molecule has 18 heavy (non-hydrogen) atoms. The zero-order valence-corrected chi connectivity index (χ0v) is 10.5. The van der Waals surface area contributed by atoms with Crippen LogP contribution < -0.4 is 10.6 Å². The van der Waals surface area contributed by atoms with Crippen molar-refractivity contribution in [2.24, 2.45) is 5.73 Å². The molecule has 2 N–H and O–H groups in total. The smallest absolute Gasteiger partial charge is 0.133 e. The molecule has 0 unspecified atom stereocenters. The van der Waals surface area contributed by atoms with Gasteiger partial charge in [0.2, 0.25) is 0 Å². The highest BCUT2D eigenvalue weighted by atomic mass is 19.1. The van der Waals surface area contributed by atoms with Crippen molar-refractivity contribution in [3.8, 4) is 11.1 Å². The van der Waals surface area contributed by atoms with Crippen molar-refractivity contribution < 1.29 is 4.39 Å². The van der Waals surface area contributed by atoms with Crippen molar-refractivity contribution in [1.29, 1.82) is 0 Å². The lowest BCUT2D eigenvalue weighted by Crippen LogP contribution is -2.15. The number of nitrogens with zero attached hydrogens (tertiary/aromatic N) is 2. The number of benzene rings is 1. The maximum absolute atomic E-state index is 13.3. The molecule has 0 aliphatic heterocycles. The van der Waals surface area contributed by atoms with Crippen molar-refractivity contribution in [2.45, 2.75) is 6.54 Å². The summed E-state index contributed by atoms with van der Waals surface area (Å²) in [6.45, 7) is 0.368. The highest BCUT2D eigenvalue weighted by Gasteiger charge is 2.11. The van der Waals surface area contributed by atoms with Gasteiger partial charge in [0, 0.05) is 32.4 Å². The standard InChI is InChI=1S/C14H16FN3/c1-18(2)14-13(9-16)12(6-7-17-14)10-4-3-5-11(15)8-10/h3-8H,9,16H2,1-2H3. The third-order valence-electron chi connectivity index (χ3n) is 2.80. The van der Waals surface area contributed by atoms with E-state index in [1.807, 2.05) is 31.1 Å². The summed E-state index contributed by atoms with van der Waals surface area (Å²) in [6, 6.07) is 8.37. The van der Waals surface area contributed by atoms with Crippen LogP contribution in [-0.4, -0.2) is 19.1 Å². The molecule has 1 heterocycles. The molecule has 0 radical (unpaired) electrons. The molecule has 0 aliphatic carbocycles. The Labute approximate surface area is 106 Å². The van der Waals surface area contributed by atoms with Gasteiger partial charge in [0.05, 0.1) is 0 Å². The molecule has 2 rings (SSSR count). The number of nitrogens with two attached hydrogens (primary N) is 1. The Morgan fingerprint density at radius 2 is 2.06 bits per heavy atom. The van der Waals surface area contributed by atoms with Gasteiger partial charge in [-0.1, -0.05) is 12.1 Å². The molecular weight excluding hydrogens is 229 g/mol. The van der Waals surface area contributed by atoms with Gasteiger partial charge < -0.3 is 10.6 Å². The second-order valence-corrected chi connectivity index (χ2v) is 4.27. The number of hydrogen-bond donors (Lipinski definition) is 1. The fourth-order valence-electron chi connectivity index (χ4n) is 1.99. The lowest BCUT2D eigenvalue weighted by Gasteiger charge is -2.18. The highest BCUT2D eigenvalue weighted by Crippen LogP contribution is 2.28. The van der Waals surface area contributed by atoms with Crippen molar-refractivity contribution in [3.63, 3.8) is 0 Å². The van der Waals surface area contributed by atoms with E-state index in [1.165, 1.54) is 12.1 Å². The van der Waals surface area contributed by atoms with E-state index in [-0.39, 0.29) is 5.82 Å². The van der Waals surface area contributed by atoms with Gasteiger partial charge >= 0.3 is 0 Å². The van der Waals surface area contributed by atoms with Crippen LogP contribution in [0, 0.1) is 5.82 Å². The summed E-state index contributed by atoms with van der Waals surface area (Å²) in [5.41, 5.74) is 8.48. The maximum atomic E-state index is 13.3. The van der Waals surface area contributed by atoms with Crippen LogP contribution in [-0.2, 0) is 6.54 Å². The average Bonchev–Trinajstić information content (AvgIpc) is 2.37. The summed E-state index contributed by atoms with van der Waals surface area (Å²) >= 11 is 0. The number of anilines is 1. The van der Waals surface area contributed by atoms with Crippen molar-refractivity contribution in [3.05, 3.63) is 47.9 Å². The molecule has 1 aromatic heterocycles. The topological polar surface area (TPSA) is 42.2 Å². The van der Waals surface area contributed by atoms with Crippen LogP contribution in [0.1, 0.15) is 5.56 Å². The van der Waals surface area contributed by atoms with Crippen molar-refractivity contribution in [1.82, 2.24) is 4.98 Å². The zero-order chi connectivity index (χ0) is 13.1. The molecule has 3 nitrogen and oxygen atoms in total. The molecule has 0 saturated heterocycles. The largest absolute Gasteiger partial charge is 0.362 e. The molecule has 0 atom stereocenters. The van der Waals surface area contributed by atoms with E-state index in [2.05, 4.69) is 4.98 Å². The first-order valence-electron chi connectivity index (χ1n) is 5.74. The molecule has 0 spiro atoms. The lowest BCUT2D eigenvalue weighted by molar-refractivity contribution is 0.628. The van der Waals surface area contributed by atoms with Crippen LogP contribution in [0.4, 0.5) is 10.2 Å². The summed E-state index contributed by atoms with van der Waals surface area (Å²) in [7, 11) is 3.83. The molecular formula is C14H16FN3. The SMILES string of the molecule is CN(C)c1nccc(-c2cccc(F)c2)c1CN. The molecule has 1 aromatic carbocycles. The van der Waals surface area contributed by atoms with Gasteiger partial charge in [-0.2, -0.15) is 0 Å². The third kappa shape index (κ3) is 2.33. The highest BCUT2D eigenvalue weighted by molar-refractivity contribution is 5.72. The fourth-order valence-corrected chi connectivity index (χ4v) is 1.99. The zero-order valence-electron chi connectivity index (χ0n) is 10.5. The average molecular weight is 245 g/mol. The Hall–Kier alpha value is -1.94. The molecule has 0 fully saturated rings. The van der Waals surface area contributed by atoms with Gasteiger partial charge in [-0.3, -0.25) is 0 Å². The second kappa shape index (κ2) is 5.14. The third-order valence-corrected chi connectivity index (χ3v) is 2.80. The minimum Gasteiger partial charge on any atom is -0.362 e. The van der Waals surface area contributed by atoms with Crippen LogP contribution in [0.5, 0.6) is 0 Å². The molecule has 94 valence electrons. The number of pyridine rings is 1. The number of rotatable bonds is 3. The number of aromatic nitrogens is 1. The van der Waals surface area contributed by atoms with Crippen LogP contribution in [0.15, 0.2) is 36.5 Å². The second-order valence-electron chi connectivity index (χ2n) is 4.27. The first-order chi connectivity index (χ1) is 8.63. The van der Waals surface area contributed by atoms with Gasteiger partial charge in [0.15, 0.2) is 0 Å². The van der Waals surface area contributed by atoms with E-state index in [0.29, 0.717) is 6.54 Å².